The minimum atomic E-state index is -0.548. The van der Waals surface area contributed by atoms with Gasteiger partial charge < -0.3 is 14.0 Å². The van der Waals surface area contributed by atoms with E-state index in [-0.39, 0.29) is 17.9 Å². The molecule has 2 fully saturated rings. The predicted molar refractivity (Wildman–Crippen MR) is 126 cm³/mol. The van der Waals surface area contributed by atoms with Crippen molar-refractivity contribution in [1.82, 2.24) is 4.57 Å². The number of aromatic nitrogens is 1. The molecule has 0 amide bonds. The van der Waals surface area contributed by atoms with Gasteiger partial charge in [-0.05, 0) is 48.4 Å². The van der Waals surface area contributed by atoms with Gasteiger partial charge in [-0.1, -0.05) is 49.6 Å². The highest BCUT2D eigenvalue weighted by Crippen LogP contribution is 2.65. The van der Waals surface area contributed by atoms with Crippen LogP contribution in [0.4, 0.5) is 0 Å². The van der Waals surface area contributed by atoms with Crippen LogP contribution < -0.4 is 0 Å². The Balaban J connectivity index is 1.67. The zero-order valence-corrected chi connectivity index (χ0v) is 19.2. The largest absolute Gasteiger partial charge is 0.469 e. The molecule has 2 aliphatic carbocycles. The summed E-state index contributed by atoms with van der Waals surface area (Å²) in [6.07, 6.45) is 6.93. The summed E-state index contributed by atoms with van der Waals surface area (Å²) in [7, 11) is 2.90. The average Bonchev–Trinajstić information content (AvgIpc) is 3.53. The second-order valence-corrected chi connectivity index (χ2v) is 9.90. The lowest BCUT2D eigenvalue weighted by atomic mass is 9.81. The van der Waals surface area contributed by atoms with Gasteiger partial charge in [0.25, 0.3) is 0 Å². The third-order valence-electron chi connectivity index (χ3n) is 8.24. The van der Waals surface area contributed by atoms with Crippen LogP contribution in [-0.2, 0) is 20.8 Å². The Labute approximate surface area is 193 Å². The second-order valence-electron chi connectivity index (χ2n) is 9.90. The SMILES string of the molecule is COC(=O)c1ccc2c(C3CCCCC3)c3n(c2c1)CC1(C(=O)OC)CC1c1ccccc1-3. The Kier molecular flexibility index (Phi) is 4.65. The van der Waals surface area contributed by atoms with Crippen molar-refractivity contribution in [2.24, 2.45) is 5.41 Å². The van der Waals surface area contributed by atoms with E-state index in [1.807, 2.05) is 12.1 Å². The fourth-order valence-electron chi connectivity index (χ4n) is 6.56. The van der Waals surface area contributed by atoms with E-state index in [1.165, 1.54) is 74.1 Å². The van der Waals surface area contributed by atoms with Crippen LogP contribution in [0.1, 0.15) is 71.8 Å². The van der Waals surface area contributed by atoms with Crippen LogP contribution in [0.5, 0.6) is 0 Å². The summed E-state index contributed by atoms with van der Waals surface area (Å²) in [5.41, 5.74) is 6.08. The Bertz CT molecular complexity index is 1280. The van der Waals surface area contributed by atoms with Crippen molar-refractivity contribution >= 4 is 22.8 Å². The molecule has 2 heterocycles. The van der Waals surface area contributed by atoms with E-state index in [1.54, 1.807) is 0 Å². The van der Waals surface area contributed by atoms with Crippen LogP contribution in [0.25, 0.3) is 22.2 Å². The quantitative estimate of drug-likeness (QED) is 0.480. The maximum Gasteiger partial charge on any atom is 0.337 e. The van der Waals surface area contributed by atoms with E-state index in [0.717, 1.165) is 11.9 Å². The smallest absolute Gasteiger partial charge is 0.337 e. The van der Waals surface area contributed by atoms with Crippen LogP contribution in [0.15, 0.2) is 42.5 Å². The average molecular weight is 444 g/mol. The molecule has 0 radical (unpaired) electrons. The van der Waals surface area contributed by atoms with Crippen LogP contribution in [0.2, 0.25) is 0 Å². The van der Waals surface area contributed by atoms with Crippen molar-refractivity contribution in [2.75, 3.05) is 14.2 Å². The highest BCUT2D eigenvalue weighted by molar-refractivity contribution is 6.00. The summed E-state index contributed by atoms with van der Waals surface area (Å²) in [5.74, 6) is 0.171. The van der Waals surface area contributed by atoms with Crippen LogP contribution >= 0.6 is 0 Å². The minimum absolute atomic E-state index is 0.139. The monoisotopic (exact) mass is 443 g/mol. The van der Waals surface area contributed by atoms with Gasteiger partial charge in [0.15, 0.2) is 0 Å². The molecule has 2 atom stereocenters. The highest BCUT2D eigenvalue weighted by atomic mass is 16.5. The topological polar surface area (TPSA) is 57.5 Å². The summed E-state index contributed by atoms with van der Waals surface area (Å²) >= 11 is 0. The third-order valence-corrected chi connectivity index (χ3v) is 8.24. The van der Waals surface area contributed by atoms with Gasteiger partial charge in [0, 0.05) is 28.9 Å². The Hall–Kier alpha value is -3.08. The van der Waals surface area contributed by atoms with Crippen LogP contribution in [-0.4, -0.2) is 30.7 Å². The molecule has 3 aromatic rings. The predicted octanol–water partition coefficient (Wildman–Crippen LogP) is 5.80. The van der Waals surface area contributed by atoms with Gasteiger partial charge >= 0.3 is 11.9 Å². The number of hydrogen-bond donors (Lipinski definition) is 0. The maximum absolute atomic E-state index is 13.1. The van der Waals surface area contributed by atoms with Gasteiger partial charge in [0.1, 0.15) is 0 Å². The number of carbonyl (C=O) groups is 2. The fraction of sp³-hybridized carbons (Fsp3) is 0.429. The van der Waals surface area contributed by atoms with Gasteiger partial charge in [-0.3, -0.25) is 4.79 Å². The minimum Gasteiger partial charge on any atom is -0.469 e. The lowest BCUT2D eigenvalue weighted by molar-refractivity contribution is -0.147. The molecule has 1 aromatic heterocycles. The number of nitrogens with zero attached hydrogens (tertiary/aromatic N) is 1. The van der Waals surface area contributed by atoms with Gasteiger partial charge in [-0.2, -0.15) is 0 Å². The molecular weight excluding hydrogens is 414 g/mol. The molecule has 0 bridgehead atoms. The van der Waals surface area contributed by atoms with Gasteiger partial charge in [-0.25, -0.2) is 4.79 Å². The maximum atomic E-state index is 13.1. The third kappa shape index (κ3) is 2.91. The molecule has 33 heavy (non-hydrogen) atoms. The molecule has 0 saturated heterocycles. The van der Waals surface area contributed by atoms with E-state index < -0.39 is 5.41 Å². The van der Waals surface area contributed by atoms with Crippen molar-refractivity contribution in [3.63, 3.8) is 0 Å². The summed E-state index contributed by atoms with van der Waals surface area (Å²) < 4.78 is 12.6. The van der Waals surface area contributed by atoms with Crippen molar-refractivity contribution in [3.05, 3.63) is 59.2 Å². The molecule has 2 unspecified atom stereocenters. The van der Waals surface area contributed by atoms with Crippen molar-refractivity contribution in [1.29, 1.82) is 0 Å². The molecule has 0 spiro atoms. The zero-order valence-electron chi connectivity index (χ0n) is 19.2. The summed E-state index contributed by atoms with van der Waals surface area (Å²) in [6, 6.07) is 14.5. The highest BCUT2D eigenvalue weighted by Gasteiger charge is 2.63. The molecule has 0 N–H and O–H groups in total. The van der Waals surface area contributed by atoms with E-state index in [2.05, 4.69) is 34.9 Å². The Morgan fingerprint density at radius 3 is 2.55 bits per heavy atom. The molecule has 5 heteroatoms. The molecule has 1 aliphatic heterocycles. The molecule has 2 saturated carbocycles. The van der Waals surface area contributed by atoms with E-state index in [9.17, 15) is 9.59 Å². The number of carbonyl (C=O) groups excluding carboxylic acids is 2. The Morgan fingerprint density at radius 2 is 1.79 bits per heavy atom. The van der Waals surface area contributed by atoms with Crippen molar-refractivity contribution in [2.45, 2.75) is 56.9 Å². The molecule has 170 valence electrons. The standard InChI is InChI=1S/C28H29NO4/c1-32-26(30)18-12-13-21-23(14-18)29-16-28(27(31)33-2)15-22(28)19-10-6-7-11-20(19)25(29)24(21)17-8-4-3-5-9-17/h6-7,10-14,17,22H,3-5,8-9,15-16H2,1-2H3. The first-order chi connectivity index (χ1) is 16.1. The summed E-state index contributed by atoms with van der Waals surface area (Å²) in [4.78, 5) is 25.4. The normalized spacial score (nSPS) is 23.8. The number of rotatable bonds is 3. The lowest BCUT2D eigenvalue weighted by Crippen LogP contribution is -2.24. The zero-order chi connectivity index (χ0) is 22.7. The van der Waals surface area contributed by atoms with Crippen molar-refractivity contribution in [3.8, 4) is 11.3 Å². The second kappa shape index (κ2) is 7.47. The number of fused-ring (bicyclic) bond motifs is 7. The van der Waals surface area contributed by atoms with Crippen molar-refractivity contribution < 1.29 is 19.1 Å². The number of methoxy groups -OCH3 is 2. The first kappa shape index (κ1) is 20.5. The van der Waals surface area contributed by atoms with E-state index in [0.29, 0.717) is 18.0 Å². The van der Waals surface area contributed by atoms with Crippen LogP contribution in [0.3, 0.4) is 0 Å². The summed E-state index contributed by atoms with van der Waals surface area (Å²) in [6.45, 7) is 0.572. The van der Waals surface area contributed by atoms with Gasteiger partial charge in [0.2, 0.25) is 0 Å². The van der Waals surface area contributed by atoms with E-state index in [4.69, 9.17) is 9.47 Å². The summed E-state index contributed by atoms with van der Waals surface area (Å²) in [5, 5.41) is 1.19. The number of benzene rings is 2. The fourth-order valence-corrected chi connectivity index (χ4v) is 6.56. The molecule has 2 aromatic carbocycles. The van der Waals surface area contributed by atoms with Gasteiger partial charge in [0.05, 0.1) is 30.9 Å². The Morgan fingerprint density at radius 1 is 1.00 bits per heavy atom. The molecule has 5 nitrogen and oxygen atoms in total. The van der Waals surface area contributed by atoms with Gasteiger partial charge in [-0.15, -0.1) is 0 Å². The lowest BCUT2D eigenvalue weighted by Gasteiger charge is -2.24. The molecule has 3 aliphatic rings. The molecule has 6 rings (SSSR count). The number of ether oxygens (including phenoxy) is 2. The first-order valence-corrected chi connectivity index (χ1v) is 12.0. The van der Waals surface area contributed by atoms with E-state index >= 15 is 0 Å². The number of esters is 2. The first-order valence-electron chi connectivity index (χ1n) is 12.0. The molecular formula is C28H29NO4. The number of hydrogen-bond acceptors (Lipinski definition) is 4. The van der Waals surface area contributed by atoms with Crippen LogP contribution in [0, 0.1) is 5.41 Å².